The maximum absolute atomic E-state index is 8.82. The van der Waals surface area contributed by atoms with Crippen LogP contribution >= 0.6 is 0 Å². The van der Waals surface area contributed by atoms with Crippen LogP contribution in [0.2, 0.25) is 0 Å². The average molecular weight is 179 g/mol. The Kier molecular flexibility index (Phi) is 2.65. The van der Waals surface area contributed by atoms with Gasteiger partial charge < -0.3 is 0 Å². The van der Waals surface area contributed by atoms with Gasteiger partial charge in [0.25, 0.3) is 0 Å². The van der Waals surface area contributed by atoms with E-state index in [0.717, 1.165) is 0 Å². The summed E-state index contributed by atoms with van der Waals surface area (Å²) >= 11 is 0. The Labute approximate surface area is 81.7 Å². The first-order valence-electron chi connectivity index (χ1n) is 3.78. The summed E-state index contributed by atoms with van der Waals surface area (Å²) < 4.78 is 0. The van der Waals surface area contributed by atoms with Gasteiger partial charge in [0.1, 0.15) is 18.2 Å². The highest BCUT2D eigenvalue weighted by molar-refractivity contribution is 5.66. The predicted octanol–water partition coefficient (Wildman–Crippen LogP) is 1.94. The molecule has 0 aliphatic heterocycles. The number of hydrogen-bond donors (Lipinski definition) is 0. The molecular formula is C11H5N3. The minimum Gasteiger partial charge on any atom is -0.192 e. The van der Waals surface area contributed by atoms with Crippen molar-refractivity contribution < 1.29 is 0 Å². The van der Waals surface area contributed by atoms with Crippen LogP contribution < -0.4 is 0 Å². The van der Waals surface area contributed by atoms with Crippen molar-refractivity contribution in [1.29, 1.82) is 15.8 Å². The monoisotopic (exact) mass is 179 g/mol. The topological polar surface area (TPSA) is 71.4 Å². The summed E-state index contributed by atoms with van der Waals surface area (Å²) in [4.78, 5) is 0. The molecule has 0 amide bonds. The maximum Gasteiger partial charge on any atom is 0.102 e. The zero-order valence-corrected chi connectivity index (χ0v) is 7.28. The van der Waals surface area contributed by atoms with Crippen molar-refractivity contribution in [3.63, 3.8) is 0 Å². The third-order valence-electron chi connectivity index (χ3n) is 1.80. The quantitative estimate of drug-likeness (QED) is 0.661. The SMILES string of the molecule is C=Cc1ccc(C#N)c(C#N)c1C#N. The molecule has 0 bridgehead atoms. The molecule has 3 heteroatoms. The van der Waals surface area contributed by atoms with Crippen molar-refractivity contribution in [2.75, 3.05) is 0 Å². The molecule has 14 heavy (non-hydrogen) atoms. The van der Waals surface area contributed by atoms with Crippen LogP contribution in [-0.4, -0.2) is 0 Å². The van der Waals surface area contributed by atoms with Gasteiger partial charge >= 0.3 is 0 Å². The predicted molar refractivity (Wildman–Crippen MR) is 50.7 cm³/mol. The van der Waals surface area contributed by atoms with E-state index in [1.165, 1.54) is 12.1 Å². The molecule has 0 atom stereocenters. The van der Waals surface area contributed by atoms with Gasteiger partial charge in [-0.1, -0.05) is 18.7 Å². The standard InChI is InChI=1S/C11H5N3/c1-2-8-3-4-9(5-12)11(7-14)10(8)6-13/h2-4H,1H2. The lowest BCUT2D eigenvalue weighted by molar-refractivity contribution is 1.38. The van der Waals surface area contributed by atoms with E-state index < -0.39 is 0 Å². The Morgan fingerprint density at radius 3 is 2.07 bits per heavy atom. The Morgan fingerprint density at radius 2 is 1.64 bits per heavy atom. The molecule has 0 saturated heterocycles. The smallest absolute Gasteiger partial charge is 0.102 e. The van der Waals surface area contributed by atoms with Crippen LogP contribution in [0.25, 0.3) is 6.08 Å². The first-order chi connectivity index (χ1) is 6.78. The third-order valence-corrected chi connectivity index (χ3v) is 1.80. The number of rotatable bonds is 1. The normalized spacial score (nSPS) is 8.07. The third kappa shape index (κ3) is 1.33. The van der Waals surface area contributed by atoms with Crippen LogP contribution in [0.15, 0.2) is 18.7 Å². The number of hydrogen-bond acceptors (Lipinski definition) is 3. The van der Waals surface area contributed by atoms with Gasteiger partial charge in [0, 0.05) is 0 Å². The number of nitrogens with zero attached hydrogens (tertiary/aromatic N) is 3. The zero-order chi connectivity index (χ0) is 10.6. The van der Waals surface area contributed by atoms with Gasteiger partial charge in [-0.3, -0.25) is 0 Å². The molecule has 0 aromatic heterocycles. The van der Waals surface area contributed by atoms with Crippen LogP contribution in [-0.2, 0) is 0 Å². The fourth-order valence-electron chi connectivity index (χ4n) is 1.12. The fourth-order valence-corrected chi connectivity index (χ4v) is 1.12. The Balaban J connectivity index is 3.67. The summed E-state index contributed by atoms with van der Waals surface area (Å²) in [5, 5.41) is 26.3. The summed E-state index contributed by atoms with van der Waals surface area (Å²) in [5.41, 5.74) is 1.12. The second-order valence-electron chi connectivity index (χ2n) is 2.49. The van der Waals surface area contributed by atoms with E-state index in [1.54, 1.807) is 6.07 Å². The summed E-state index contributed by atoms with van der Waals surface area (Å²) in [6, 6.07) is 8.72. The van der Waals surface area contributed by atoms with E-state index >= 15 is 0 Å². The highest BCUT2D eigenvalue weighted by atomic mass is 14.3. The molecule has 0 spiro atoms. The molecule has 1 aromatic carbocycles. The van der Waals surface area contributed by atoms with E-state index in [1.807, 2.05) is 18.2 Å². The fraction of sp³-hybridized carbons (Fsp3) is 0. The van der Waals surface area contributed by atoms with Crippen molar-refractivity contribution in [1.82, 2.24) is 0 Å². The van der Waals surface area contributed by atoms with Crippen LogP contribution in [0.5, 0.6) is 0 Å². The summed E-state index contributed by atoms with van der Waals surface area (Å²) in [7, 11) is 0. The van der Waals surface area contributed by atoms with E-state index in [-0.39, 0.29) is 16.7 Å². The van der Waals surface area contributed by atoms with Crippen molar-refractivity contribution in [2.45, 2.75) is 0 Å². The highest BCUT2D eigenvalue weighted by Gasteiger charge is 2.10. The van der Waals surface area contributed by atoms with E-state index in [0.29, 0.717) is 5.56 Å². The van der Waals surface area contributed by atoms with Gasteiger partial charge in [0.2, 0.25) is 0 Å². The zero-order valence-electron chi connectivity index (χ0n) is 7.28. The van der Waals surface area contributed by atoms with Crippen molar-refractivity contribution in [3.8, 4) is 18.2 Å². The second-order valence-corrected chi connectivity index (χ2v) is 2.49. The molecule has 0 saturated carbocycles. The highest BCUT2D eigenvalue weighted by Crippen LogP contribution is 2.18. The molecule has 0 N–H and O–H groups in total. The van der Waals surface area contributed by atoms with E-state index in [2.05, 4.69) is 6.58 Å². The Hall–Kier alpha value is -2.57. The summed E-state index contributed by atoms with van der Waals surface area (Å²) in [6.45, 7) is 3.53. The average Bonchev–Trinajstić information content (AvgIpc) is 2.26. The lowest BCUT2D eigenvalue weighted by Gasteiger charge is -2.00. The first kappa shape index (κ1) is 9.52. The van der Waals surface area contributed by atoms with Gasteiger partial charge in [0.15, 0.2) is 0 Å². The van der Waals surface area contributed by atoms with Crippen LogP contribution in [0.4, 0.5) is 0 Å². The van der Waals surface area contributed by atoms with Gasteiger partial charge in [-0.05, 0) is 11.6 Å². The van der Waals surface area contributed by atoms with Crippen LogP contribution in [0, 0.1) is 34.0 Å². The second kappa shape index (κ2) is 3.90. The molecule has 64 valence electrons. The molecule has 0 radical (unpaired) electrons. The first-order valence-corrected chi connectivity index (χ1v) is 3.78. The van der Waals surface area contributed by atoms with Gasteiger partial charge in [-0.25, -0.2) is 0 Å². The molecule has 0 heterocycles. The van der Waals surface area contributed by atoms with Gasteiger partial charge in [-0.15, -0.1) is 0 Å². The number of benzene rings is 1. The molecule has 3 nitrogen and oxygen atoms in total. The van der Waals surface area contributed by atoms with E-state index in [9.17, 15) is 0 Å². The Morgan fingerprint density at radius 1 is 1.00 bits per heavy atom. The van der Waals surface area contributed by atoms with Crippen LogP contribution in [0.3, 0.4) is 0 Å². The minimum atomic E-state index is 0.118. The molecule has 1 rings (SSSR count). The summed E-state index contributed by atoms with van der Waals surface area (Å²) in [6.07, 6.45) is 1.49. The molecule has 1 aromatic rings. The van der Waals surface area contributed by atoms with Crippen molar-refractivity contribution >= 4 is 6.08 Å². The number of nitriles is 3. The summed E-state index contributed by atoms with van der Waals surface area (Å²) in [5.74, 6) is 0. The van der Waals surface area contributed by atoms with E-state index in [4.69, 9.17) is 15.8 Å². The lowest BCUT2D eigenvalue weighted by atomic mass is 9.98. The van der Waals surface area contributed by atoms with Crippen LogP contribution in [0.1, 0.15) is 22.3 Å². The molecule has 0 unspecified atom stereocenters. The maximum atomic E-state index is 8.82. The van der Waals surface area contributed by atoms with Crippen molar-refractivity contribution in [2.24, 2.45) is 0 Å². The molecule has 0 aliphatic rings. The lowest BCUT2D eigenvalue weighted by Crippen LogP contribution is -1.92. The molecular weight excluding hydrogens is 174 g/mol. The minimum absolute atomic E-state index is 0.118. The molecule has 0 fully saturated rings. The van der Waals surface area contributed by atoms with Gasteiger partial charge in [0.05, 0.1) is 16.7 Å². The Bertz CT molecular complexity index is 507. The largest absolute Gasteiger partial charge is 0.192 e. The van der Waals surface area contributed by atoms with Gasteiger partial charge in [-0.2, -0.15) is 15.8 Å². The molecule has 0 aliphatic carbocycles. The van der Waals surface area contributed by atoms with Crippen molar-refractivity contribution in [3.05, 3.63) is 41.0 Å².